The summed E-state index contributed by atoms with van der Waals surface area (Å²) in [6.45, 7) is 5.28. The van der Waals surface area contributed by atoms with Gasteiger partial charge in [-0.3, -0.25) is 24.1 Å². The molecule has 0 fully saturated rings. The van der Waals surface area contributed by atoms with Gasteiger partial charge in [0.05, 0.1) is 18.3 Å². The summed E-state index contributed by atoms with van der Waals surface area (Å²) in [5.41, 5.74) is 2.04. The third-order valence-electron chi connectivity index (χ3n) is 6.62. The normalized spacial score (nSPS) is 18.0. The molecule has 3 amide bonds. The van der Waals surface area contributed by atoms with Gasteiger partial charge in [-0.1, -0.05) is 74.5 Å². The van der Waals surface area contributed by atoms with Crippen LogP contribution in [0.25, 0.3) is 5.70 Å². The van der Waals surface area contributed by atoms with Crippen LogP contribution in [0.15, 0.2) is 78.7 Å². The van der Waals surface area contributed by atoms with Crippen molar-refractivity contribution in [3.05, 3.63) is 89.8 Å². The average Bonchev–Trinajstić information content (AvgIpc) is 3.44. The van der Waals surface area contributed by atoms with Crippen LogP contribution in [-0.2, 0) is 30.3 Å². The Morgan fingerprint density at radius 1 is 1.03 bits per heavy atom. The highest BCUT2D eigenvalue weighted by molar-refractivity contribution is 6.02. The van der Waals surface area contributed by atoms with Crippen LogP contribution in [0, 0.1) is 5.92 Å². The van der Waals surface area contributed by atoms with Crippen molar-refractivity contribution in [2.45, 2.75) is 45.7 Å². The van der Waals surface area contributed by atoms with E-state index in [-0.39, 0.29) is 42.2 Å². The number of nitrogens with zero attached hydrogens (tertiary/aromatic N) is 2. The summed E-state index contributed by atoms with van der Waals surface area (Å²) in [6.07, 6.45) is 4.30. The van der Waals surface area contributed by atoms with Crippen molar-refractivity contribution < 1.29 is 23.9 Å². The topological polar surface area (TPSA) is 96.0 Å². The number of nitrogens with one attached hydrogen (secondary N) is 1. The van der Waals surface area contributed by atoms with Crippen molar-refractivity contribution in [2.75, 3.05) is 13.2 Å². The Morgan fingerprint density at radius 2 is 1.68 bits per heavy atom. The van der Waals surface area contributed by atoms with Gasteiger partial charge >= 0.3 is 0 Å². The summed E-state index contributed by atoms with van der Waals surface area (Å²) in [7, 11) is 0. The lowest BCUT2D eigenvalue weighted by atomic mass is 9.97. The lowest BCUT2D eigenvalue weighted by molar-refractivity contribution is -0.145. The van der Waals surface area contributed by atoms with E-state index in [1.54, 1.807) is 12.3 Å². The van der Waals surface area contributed by atoms with E-state index >= 15 is 0 Å². The molecule has 0 aromatic heterocycles. The quantitative estimate of drug-likeness (QED) is 0.553. The highest BCUT2D eigenvalue weighted by Crippen LogP contribution is 2.30. The van der Waals surface area contributed by atoms with Crippen LogP contribution in [0.1, 0.15) is 38.3 Å². The van der Waals surface area contributed by atoms with Crippen LogP contribution in [0.5, 0.6) is 0 Å². The van der Waals surface area contributed by atoms with Gasteiger partial charge in [0.2, 0.25) is 17.6 Å². The molecule has 198 valence electrons. The highest BCUT2D eigenvalue weighted by Gasteiger charge is 2.40. The highest BCUT2D eigenvalue weighted by atomic mass is 16.5. The molecule has 38 heavy (non-hydrogen) atoms. The molecule has 0 bridgehead atoms. The minimum absolute atomic E-state index is 0.176. The second-order valence-electron chi connectivity index (χ2n) is 9.80. The van der Waals surface area contributed by atoms with Crippen molar-refractivity contribution in [3.63, 3.8) is 0 Å². The zero-order chi connectivity index (χ0) is 27.2. The minimum atomic E-state index is -0.854. The molecule has 2 aliphatic rings. The van der Waals surface area contributed by atoms with E-state index in [0.29, 0.717) is 24.3 Å². The zero-order valence-corrected chi connectivity index (χ0v) is 21.9. The van der Waals surface area contributed by atoms with E-state index in [1.165, 1.54) is 16.7 Å². The molecule has 8 nitrogen and oxygen atoms in total. The number of Topliss-reactive ketones (excluding diaryl/α,β-unsaturated/α-hetero) is 1. The van der Waals surface area contributed by atoms with Crippen molar-refractivity contribution >= 4 is 29.2 Å². The van der Waals surface area contributed by atoms with E-state index in [2.05, 4.69) is 5.32 Å². The van der Waals surface area contributed by atoms with Crippen molar-refractivity contribution in [1.82, 2.24) is 15.1 Å². The SMILES string of the molecule is CC(=O)N1C=C(c2ccccc2)N(CC(=O)N[C@@H](Cc2ccccc2)C(=O)C2=CCCO2)C(=O)[C@@H]1C(C)C. The fourth-order valence-electron chi connectivity index (χ4n) is 4.78. The second-order valence-corrected chi connectivity index (χ2v) is 9.80. The molecular weight excluding hydrogens is 482 g/mol. The van der Waals surface area contributed by atoms with Gasteiger partial charge in [0.1, 0.15) is 12.6 Å². The summed E-state index contributed by atoms with van der Waals surface area (Å²) in [6, 6.07) is 17.0. The van der Waals surface area contributed by atoms with E-state index in [1.807, 2.05) is 74.5 Å². The molecule has 0 saturated carbocycles. The van der Waals surface area contributed by atoms with E-state index < -0.39 is 18.0 Å². The van der Waals surface area contributed by atoms with Gasteiger partial charge in [0.15, 0.2) is 5.76 Å². The number of amides is 3. The van der Waals surface area contributed by atoms with Crippen LogP contribution in [-0.4, -0.2) is 58.5 Å². The zero-order valence-electron chi connectivity index (χ0n) is 21.9. The first-order valence-electron chi connectivity index (χ1n) is 12.8. The maximum absolute atomic E-state index is 13.7. The summed E-state index contributed by atoms with van der Waals surface area (Å²) in [4.78, 5) is 55.7. The minimum Gasteiger partial charge on any atom is -0.490 e. The standard InChI is InChI=1S/C30H33N3O5/c1-20(2)28-30(37)33(25(18-32(28)21(3)34)23-13-8-5-9-14-23)19-27(35)31-24(17-22-11-6-4-7-12-22)29(36)26-15-10-16-38-26/h4-9,11-15,18,20,24,28H,10,16-17,19H2,1-3H3,(H,31,35)/t24-,28-/m0/s1. The van der Waals surface area contributed by atoms with Crippen LogP contribution < -0.4 is 5.32 Å². The molecule has 0 unspecified atom stereocenters. The van der Waals surface area contributed by atoms with Crippen molar-refractivity contribution in [1.29, 1.82) is 0 Å². The van der Waals surface area contributed by atoms with Gasteiger partial charge in [-0.2, -0.15) is 0 Å². The first-order valence-corrected chi connectivity index (χ1v) is 12.8. The van der Waals surface area contributed by atoms with E-state index in [4.69, 9.17) is 4.74 Å². The Labute approximate surface area is 222 Å². The molecule has 0 aliphatic carbocycles. The lowest BCUT2D eigenvalue weighted by Gasteiger charge is -2.40. The smallest absolute Gasteiger partial charge is 0.250 e. The second kappa shape index (κ2) is 11.9. The number of rotatable bonds is 9. The fraction of sp³-hybridized carbons (Fsp3) is 0.333. The Kier molecular flexibility index (Phi) is 8.41. The molecule has 4 rings (SSSR count). The van der Waals surface area contributed by atoms with Crippen LogP contribution in [0.4, 0.5) is 0 Å². The van der Waals surface area contributed by atoms with Crippen LogP contribution in [0.3, 0.4) is 0 Å². The van der Waals surface area contributed by atoms with E-state index in [9.17, 15) is 19.2 Å². The van der Waals surface area contributed by atoms with Crippen molar-refractivity contribution in [2.24, 2.45) is 5.92 Å². The predicted octanol–water partition coefficient (Wildman–Crippen LogP) is 3.30. The van der Waals surface area contributed by atoms with Crippen LogP contribution >= 0.6 is 0 Å². The summed E-state index contributed by atoms with van der Waals surface area (Å²) >= 11 is 0. The van der Waals surface area contributed by atoms with Gasteiger partial charge in [-0.25, -0.2) is 0 Å². The van der Waals surface area contributed by atoms with Gasteiger partial charge < -0.3 is 15.0 Å². The predicted molar refractivity (Wildman–Crippen MR) is 143 cm³/mol. The molecule has 8 heteroatoms. The summed E-state index contributed by atoms with van der Waals surface area (Å²) in [5.74, 6) is -1.31. The molecule has 0 spiro atoms. The number of ether oxygens (including phenoxy) is 1. The average molecular weight is 516 g/mol. The van der Waals surface area contributed by atoms with E-state index in [0.717, 1.165) is 5.56 Å². The number of benzene rings is 2. The summed E-state index contributed by atoms with van der Waals surface area (Å²) < 4.78 is 5.48. The molecule has 0 radical (unpaired) electrons. The Bertz CT molecular complexity index is 1250. The number of hydrogen-bond donors (Lipinski definition) is 1. The third kappa shape index (κ3) is 6.02. The molecular formula is C30H33N3O5. The first-order chi connectivity index (χ1) is 18.3. The largest absolute Gasteiger partial charge is 0.490 e. The molecule has 2 heterocycles. The summed E-state index contributed by atoms with van der Waals surface area (Å²) in [5, 5.41) is 2.85. The van der Waals surface area contributed by atoms with Gasteiger partial charge in [0, 0.05) is 26.0 Å². The maximum Gasteiger partial charge on any atom is 0.250 e. The Morgan fingerprint density at radius 3 is 2.26 bits per heavy atom. The van der Waals surface area contributed by atoms with Crippen molar-refractivity contribution in [3.8, 4) is 0 Å². The van der Waals surface area contributed by atoms with Gasteiger partial charge in [0.25, 0.3) is 5.91 Å². The molecule has 1 N–H and O–H groups in total. The molecule has 2 aromatic rings. The molecule has 2 aromatic carbocycles. The lowest BCUT2D eigenvalue weighted by Crippen LogP contribution is -2.56. The fourth-order valence-corrected chi connectivity index (χ4v) is 4.78. The monoisotopic (exact) mass is 515 g/mol. The number of carbonyl (C=O) groups excluding carboxylic acids is 4. The third-order valence-corrected chi connectivity index (χ3v) is 6.62. The number of ketones is 1. The Balaban J connectivity index is 1.62. The van der Waals surface area contributed by atoms with Gasteiger partial charge in [-0.05, 0) is 23.1 Å². The van der Waals surface area contributed by atoms with Gasteiger partial charge in [-0.15, -0.1) is 0 Å². The molecule has 2 aliphatic heterocycles. The first kappa shape index (κ1) is 26.9. The maximum atomic E-state index is 13.7. The Hall–Kier alpha value is -4.20. The molecule has 0 saturated heterocycles. The number of carbonyl (C=O) groups is 4. The number of hydrogen-bond acceptors (Lipinski definition) is 5. The molecule has 2 atom stereocenters. The van der Waals surface area contributed by atoms with Crippen LogP contribution in [0.2, 0.25) is 0 Å².